The van der Waals surface area contributed by atoms with Crippen LogP contribution in [0.2, 0.25) is 0 Å². The molecule has 2 fully saturated rings. The minimum atomic E-state index is 0.420. The number of hydrogen-bond acceptors (Lipinski definition) is 4. The molecule has 2 aromatic rings. The van der Waals surface area contributed by atoms with Crippen molar-refractivity contribution < 1.29 is 4.74 Å². The Kier molecular flexibility index (Phi) is 7.06. The molecule has 6 nitrogen and oxygen atoms in total. The number of nitrogens with zero attached hydrogens (tertiary/aromatic N) is 3. The Morgan fingerprint density at radius 2 is 1.90 bits per heavy atom. The molecule has 1 aromatic heterocycles. The third kappa shape index (κ3) is 5.88. The van der Waals surface area contributed by atoms with E-state index >= 15 is 0 Å². The van der Waals surface area contributed by atoms with Crippen molar-refractivity contribution in [1.29, 1.82) is 0 Å². The van der Waals surface area contributed by atoms with Crippen LogP contribution in [-0.4, -0.2) is 43.2 Å². The zero-order valence-corrected chi connectivity index (χ0v) is 17.9. The standard InChI is InChI=1S/C24H33N5O/c1-2-25-24(27-17-20-7-3-4-8-22(20)30-18-19-10-11-19)28-21-12-15-29(16-13-21)23-9-5-6-14-26-23/h3-9,14,19,21H,2,10-13,15-18H2,1H3,(H2,25,27,28). The van der Waals surface area contributed by atoms with E-state index < -0.39 is 0 Å². The molecule has 0 radical (unpaired) electrons. The van der Waals surface area contributed by atoms with Crippen LogP contribution < -0.4 is 20.3 Å². The topological polar surface area (TPSA) is 61.8 Å². The van der Waals surface area contributed by atoms with Gasteiger partial charge in [0.05, 0.1) is 13.2 Å². The fourth-order valence-corrected chi connectivity index (χ4v) is 3.74. The van der Waals surface area contributed by atoms with Crippen molar-refractivity contribution in [3.8, 4) is 5.75 Å². The highest BCUT2D eigenvalue weighted by molar-refractivity contribution is 5.80. The monoisotopic (exact) mass is 407 g/mol. The molecule has 6 heteroatoms. The second-order valence-corrected chi connectivity index (χ2v) is 8.15. The molecule has 2 heterocycles. The van der Waals surface area contributed by atoms with E-state index in [1.807, 2.05) is 18.3 Å². The molecule has 160 valence electrons. The smallest absolute Gasteiger partial charge is 0.191 e. The molecule has 4 rings (SSSR count). The number of benzene rings is 1. The van der Waals surface area contributed by atoms with Crippen LogP contribution in [0.1, 0.15) is 38.2 Å². The largest absolute Gasteiger partial charge is 0.493 e. The average Bonchev–Trinajstić information content (AvgIpc) is 3.62. The highest BCUT2D eigenvalue weighted by Gasteiger charge is 2.23. The Hall–Kier alpha value is -2.76. The lowest BCUT2D eigenvalue weighted by molar-refractivity contribution is 0.297. The van der Waals surface area contributed by atoms with Gasteiger partial charge in [-0.2, -0.15) is 0 Å². The molecule has 1 aliphatic carbocycles. The number of piperidine rings is 1. The Bertz CT molecular complexity index is 813. The summed E-state index contributed by atoms with van der Waals surface area (Å²) in [4.78, 5) is 11.7. The molecule has 1 saturated carbocycles. The third-order valence-corrected chi connectivity index (χ3v) is 5.70. The number of aliphatic imine (C=N–C) groups is 1. The predicted molar refractivity (Wildman–Crippen MR) is 122 cm³/mol. The van der Waals surface area contributed by atoms with Crippen LogP contribution in [0.5, 0.6) is 5.75 Å². The van der Waals surface area contributed by atoms with E-state index in [0.29, 0.717) is 12.6 Å². The highest BCUT2D eigenvalue weighted by atomic mass is 16.5. The van der Waals surface area contributed by atoms with Crippen LogP contribution >= 0.6 is 0 Å². The van der Waals surface area contributed by atoms with Crippen molar-refractivity contribution in [2.75, 3.05) is 31.1 Å². The molecule has 0 unspecified atom stereocenters. The minimum Gasteiger partial charge on any atom is -0.493 e. The van der Waals surface area contributed by atoms with Gasteiger partial charge < -0.3 is 20.3 Å². The summed E-state index contributed by atoms with van der Waals surface area (Å²) in [5, 5.41) is 7.02. The van der Waals surface area contributed by atoms with Gasteiger partial charge >= 0.3 is 0 Å². The van der Waals surface area contributed by atoms with Gasteiger partial charge in [-0.3, -0.25) is 0 Å². The minimum absolute atomic E-state index is 0.420. The number of guanidine groups is 1. The van der Waals surface area contributed by atoms with Crippen LogP contribution in [0.3, 0.4) is 0 Å². The van der Waals surface area contributed by atoms with Gasteiger partial charge in [0, 0.05) is 37.4 Å². The zero-order chi connectivity index (χ0) is 20.6. The van der Waals surface area contributed by atoms with Gasteiger partial charge in [-0.05, 0) is 56.7 Å². The molecule has 0 bridgehead atoms. The van der Waals surface area contributed by atoms with Crippen molar-refractivity contribution in [3.05, 3.63) is 54.2 Å². The van der Waals surface area contributed by atoms with Crippen LogP contribution in [0, 0.1) is 5.92 Å². The first-order valence-electron chi connectivity index (χ1n) is 11.2. The molecule has 1 saturated heterocycles. The maximum Gasteiger partial charge on any atom is 0.191 e. The summed E-state index contributed by atoms with van der Waals surface area (Å²) >= 11 is 0. The second kappa shape index (κ2) is 10.3. The fraction of sp³-hybridized carbons (Fsp3) is 0.500. The SMILES string of the molecule is CCNC(=NCc1ccccc1OCC1CC1)NC1CCN(c2ccccn2)CC1. The summed E-state index contributed by atoms with van der Waals surface area (Å²) in [6.45, 7) is 6.40. The number of hydrogen-bond donors (Lipinski definition) is 2. The Morgan fingerprint density at radius 1 is 1.10 bits per heavy atom. The van der Waals surface area contributed by atoms with E-state index in [9.17, 15) is 0 Å². The summed E-state index contributed by atoms with van der Waals surface area (Å²) in [5.74, 6) is 3.66. The number of ether oxygens (including phenoxy) is 1. The summed E-state index contributed by atoms with van der Waals surface area (Å²) < 4.78 is 6.04. The number of rotatable bonds is 8. The molecule has 1 aromatic carbocycles. The summed E-state index contributed by atoms with van der Waals surface area (Å²) in [6, 6.07) is 14.8. The Morgan fingerprint density at radius 3 is 2.63 bits per heavy atom. The van der Waals surface area contributed by atoms with Crippen LogP contribution in [0.4, 0.5) is 5.82 Å². The molecule has 0 amide bonds. The van der Waals surface area contributed by atoms with Gasteiger partial charge in [0.15, 0.2) is 5.96 Å². The molecule has 1 aliphatic heterocycles. The zero-order valence-electron chi connectivity index (χ0n) is 17.9. The molecular weight excluding hydrogens is 374 g/mol. The van der Waals surface area contributed by atoms with E-state index in [2.05, 4.69) is 57.8 Å². The first-order chi connectivity index (χ1) is 14.8. The maximum atomic E-state index is 6.04. The van der Waals surface area contributed by atoms with Gasteiger partial charge in [-0.25, -0.2) is 9.98 Å². The van der Waals surface area contributed by atoms with Crippen molar-refractivity contribution in [2.45, 2.75) is 45.2 Å². The van der Waals surface area contributed by atoms with Crippen molar-refractivity contribution in [1.82, 2.24) is 15.6 Å². The van der Waals surface area contributed by atoms with Crippen molar-refractivity contribution >= 4 is 11.8 Å². The molecule has 0 spiro atoms. The van der Waals surface area contributed by atoms with Gasteiger partial charge in [0.1, 0.15) is 11.6 Å². The first kappa shape index (κ1) is 20.5. The number of para-hydroxylation sites is 1. The van der Waals surface area contributed by atoms with Crippen molar-refractivity contribution in [3.63, 3.8) is 0 Å². The Labute approximate surface area is 179 Å². The summed E-state index contributed by atoms with van der Waals surface area (Å²) in [6.07, 6.45) is 6.61. The van der Waals surface area contributed by atoms with Crippen LogP contribution in [0.25, 0.3) is 0 Å². The molecule has 2 aliphatic rings. The van der Waals surface area contributed by atoms with Crippen LogP contribution in [0.15, 0.2) is 53.7 Å². The Balaban J connectivity index is 1.32. The van der Waals surface area contributed by atoms with Gasteiger partial charge in [-0.15, -0.1) is 0 Å². The first-order valence-corrected chi connectivity index (χ1v) is 11.2. The summed E-state index contributed by atoms with van der Waals surface area (Å²) in [5.41, 5.74) is 1.14. The van der Waals surface area contributed by atoms with Crippen molar-refractivity contribution in [2.24, 2.45) is 10.9 Å². The van der Waals surface area contributed by atoms with E-state index in [1.165, 1.54) is 12.8 Å². The van der Waals surface area contributed by atoms with Gasteiger partial charge in [-0.1, -0.05) is 24.3 Å². The number of nitrogens with one attached hydrogen (secondary N) is 2. The number of anilines is 1. The number of pyridine rings is 1. The molecule has 30 heavy (non-hydrogen) atoms. The third-order valence-electron chi connectivity index (χ3n) is 5.70. The lowest BCUT2D eigenvalue weighted by atomic mass is 10.1. The molecule has 0 atom stereocenters. The van der Waals surface area contributed by atoms with Gasteiger partial charge in [0.2, 0.25) is 0 Å². The number of aromatic nitrogens is 1. The quantitative estimate of drug-likeness (QED) is 0.517. The predicted octanol–water partition coefficient (Wildman–Crippen LogP) is 3.59. The normalized spacial score (nSPS) is 17.6. The van der Waals surface area contributed by atoms with E-state index in [4.69, 9.17) is 9.73 Å². The highest BCUT2D eigenvalue weighted by Crippen LogP contribution is 2.30. The fourth-order valence-electron chi connectivity index (χ4n) is 3.74. The second-order valence-electron chi connectivity index (χ2n) is 8.15. The molecule has 2 N–H and O–H groups in total. The van der Waals surface area contributed by atoms with E-state index in [1.54, 1.807) is 0 Å². The lowest BCUT2D eigenvalue weighted by Gasteiger charge is -2.33. The summed E-state index contributed by atoms with van der Waals surface area (Å²) in [7, 11) is 0. The van der Waals surface area contributed by atoms with Crippen LogP contribution in [-0.2, 0) is 6.54 Å². The molecular formula is C24H33N5O. The maximum absolute atomic E-state index is 6.04. The average molecular weight is 408 g/mol. The lowest BCUT2D eigenvalue weighted by Crippen LogP contribution is -2.48. The van der Waals surface area contributed by atoms with E-state index in [-0.39, 0.29) is 0 Å². The van der Waals surface area contributed by atoms with E-state index in [0.717, 1.165) is 68.1 Å². The van der Waals surface area contributed by atoms with Gasteiger partial charge in [0.25, 0.3) is 0 Å².